The summed E-state index contributed by atoms with van der Waals surface area (Å²) in [6, 6.07) is 0.0411. The van der Waals surface area contributed by atoms with Crippen LogP contribution in [-0.2, 0) is 23.8 Å². The van der Waals surface area contributed by atoms with Gasteiger partial charge in [0.2, 0.25) is 0 Å². The quantitative estimate of drug-likeness (QED) is 0.0411. The van der Waals surface area contributed by atoms with Gasteiger partial charge in [-0.3, -0.25) is 9.59 Å². The van der Waals surface area contributed by atoms with Crippen LogP contribution in [0.15, 0.2) is 0 Å². The summed E-state index contributed by atoms with van der Waals surface area (Å²) in [7, 11) is 1.99. The van der Waals surface area contributed by atoms with Crippen LogP contribution < -0.4 is 5.32 Å². The molecular weight excluding hydrogens is 604 g/mol. The molecule has 1 aliphatic heterocycles. The number of alkyl carbamates (subject to hydrolysis) is 1. The summed E-state index contributed by atoms with van der Waals surface area (Å²) >= 11 is 0. The average Bonchev–Trinajstić information content (AvgIpc) is 3.05. The molecule has 1 fully saturated rings. The Hall–Kier alpha value is -1.83. The minimum absolute atomic E-state index is 0.0411. The zero-order valence-corrected chi connectivity index (χ0v) is 31.7. The normalized spacial score (nSPS) is 13.4. The Morgan fingerprint density at radius 2 is 0.854 bits per heavy atom. The topological polar surface area (TPSA) is 94.2 Å². The zero-order chi connectivity index (χ0) is 34.9. The first kappa shape index (κ1) is 44.2. The van der Waals surface area contributed by atoms with E-state index in [-0.39, 0.29) is 31.2 Å². The predicted octanol–water partition coefficient (Wildman–Crippen LogP) is 10.4. The van der Waals surface area contributed by atoms with E-state index in [1.54, 1.807) is 0 Å². The maximum atomic E-state index is 12.4. The number of esters is 2. The van der Waals surface area contributed by atoms with Gasteiger partial charge in [0.25, 0.3) is 0 Å². The van der Waals surface area contributed by atoms with E-state index in [4.69, 9.17) is 14.2 Å². The van der Waals surface area contributed by atoms with Gasteiger partial charge in [0.15, 0.2) is 6.10 Å². The van der Waals surface area contributed by atoms with E-state index in [0.29, 0.717) is 12.8 Å². The number of nitrogens with zero attached hydrogens (tertiary/aromatic N) is 1. The molecular formula is C40H76N2O6. The molecule has 8 nitrogen and oxygen atoms in total. The van der Waals surface area contributed by atoms with Gasteiger partial charge in [-0.15, -0.1) is 0 Å². The Morgan fingerprint density at radius 3 is 1.17 bits per heavy atom. The summed E-state index contributed by atoms with van der Waals surface area (Å²) < 4.78 is 16.4. The van der Waals surface area contributed by atoms with Gasteiger partial charge >= 0.3 is 18.0 Å². The smallest absolute Gasteiger partial charge is 0.407 e. The first-order chi connectivity index (χ1) is 23.4. The highest BCUT2D eigenvalue weighted by molar-refractivity contribution is 5.70. The summed E-state index contributed by atoms with van der Waals surface area (Å²) in [6.45, 7) is 5.83. The lowest BCUT2D eigenvalue weighted by molar-refractivity contribution is -0.152. The summed E-state index contributed by atoms with van der Waals surface area (Å²) in [4.78, 5) is 39.3. The van der Waals surface area contributed by atoms with Crippen LogP contribution in [0.1, 0.15) is 194 Å². The number of likely N-dealkylation sites (N-methyl/N-ethyl adjacent to an activating group) is 1. The van der Waals surface area contributed by atoms with Gasteiger partial charge in [0, 0.05) is 25.9 Å². The highest BCUT2D eigenvalue weighted by Crippen LogP contribution is 2.15. The average molecular weight is 681 g/mol. The highest BCUT2D eigenvalue weighted by atomic mass is 16.6. The number of unbranched alkanes of at least 4 members (excludes halogenated alkanes) is 24. The molecule has 0 aromatic rings. The lowest BCUT2D eigenvalue weighted by atomic mass is 10.0. The number of carbonyl (C=O) groups is 3. The molecule has 0 aromatic heterocycles. The van der Waals surface area contributed by atoms with Crippen LogP contribution in [0.25, 0.3) is 0 Å². The second-order valence-corrected chi connectivity index (χ2v) is 14.4. The third-order valence-corrected chi connectivity index (χ3v) is 9.49. The van der Waals surface area contributed by atoms with E-state index < -0.39 is 12.2 Å². The number of hydrogen-bond donors (Lipinski definition) is 1. The highest BCUT2D eigenvalue weighted by Gasteiger charge is 2.27. The van der Waals surface area contributed by atoms with Crippen molar-refractivity contribution in [3.63, 3.8) is 0 Å². The van der Waals surface area contributed by atoms with Crippen LogP contribution in [0.3, 0.4) is 0 Å². The molecule has 0 radical (unpaired) electrons. The fourth-order valence-corrected chi connectivity index (χ4v) is 6.35. The molecule has 0 atom stereocenters. The van der Waals surface area contributed by atoms with Gasteiger partial charge in [-0.1, -0.05) is 168 Å². The van der Waals surface area contributed by atoms with E-state index in [1.165, 1.54) is 128 Å². The Balaban J connectivity index is 2.16. The van der Waals surface area contributed by atoms with Gasteiger partial charge in [0.05, 0.1) is 6.04 Å². The molecule has 1 rings (SSSR count). The van der Waals surface area contributed by atoms with Gasteiger partial charge in [-0.25, -0.2) is 4.79 Å². The standard InChI is InChI=1S/C40H76N2O6/c1-4-6-8-10-12-14-16-18-20-22-24-26-28-30-38(43)46-34-37(48-40(45)41-36-32-42(3)33-36)35-47-39(44)31-29-27-25-23-21-19-17-15-13-11-9-7-5-2/h36-37H,4-35H2,1-3H3,(H,41,45). The monoisotopic (exact) mass is 681 g/mol. The number of rotatable bonds is 34. The molecule has 0 spiro atoms. The molecule has 1 saturated heterocycles. The molecule has 1 aliphatic rings. The SMILES string of the molecule is CCCCCCCCCCCCCCCC(=O)OCC(COC(=O)CCCCCCCCCCCCCCC)OC(=O)NC1CN(C)C1. The lowest BCUT2D eigenvalue weighted by Crippen LogP contribution is -2.58. The molecule has 0 aromatic carbocycles. The maximum Gasteiger partial charge on any atom is 0.407 e. The fraction of sp³-hybridized carbons (Fsp3) is 0.925. The van der Waals surface area contributed by atoms with Crippen molar-refractivity contribution in [3.8, 4) is 0 Å². The fourth-order valence-electron chi connectivity index (χ4n) is 6.35. The Bertz CT molecular complexity index is 727. The van der Waals surface area contributed by atoms with Crippen LogP contribution in [-0.4, -0.2) is 68.4 Å². The summed E-state index contributed by atoms with van der Waals surface area (Å²) in [5, 5.41) is 2.83. The van der Waals surface area contributed by atoms with E-state index in [1.807, 2.05) is 7.05 Å². The number of ether oxygens (including phenoxy) is 3. The van der Waals surface area contributed by atoms with Crippen molar-refractivity contribution in [3.05, 3.63) is 0 Å². The van der Waals surface area contributed by atoms with Crippen molar-refractivity contribution in [2.24, 2.45) is 0 Å². The minimum atomic E-state index is -0.825. The van der Waals surface area contributed by atoms with Gasteiger partial charge in [-0.05, 0) is 19.9 Å². The van der Waals surface area contributed by atoms with Crippen LogP contribution in [0, 0.1) is 0 Å². The Morgan fingerprint density at radius 1 is 0.542 bits per heavy atom. The minimum Gasteiger partial charge on any atom is -0.462 e. The lowest BCUT2D eigenvalue weighted by Gasteiger charge is -2.36. The van der Waals surface area contributed by atoms with Crippen molar-refractivity contribution >= 4 is 18.0 Å². The number of likely N-dealkylation sites (tertiary alicyclic amines) is 1. The van der Waals surface area contributed by atoms with Crippen LogP contribution in [0.4, 0.5) is 4.79 Å². The van der Waals surface area contributed by atoms with Crippen LogP contribution in [0.2, 0.25) is 0 Å². The Labute approximate surface area is 295 Å². The molecule has 0 bridgehead atoms. The molecule has 1 N–H and O–H groups in total. The maximum absolute atomic E-state index is 12.4. The van der Waals surface area contributed by atoms with Crippen molar-refractivity contribution in [2.45, 2.75) is 206 Å². The number of nitrogens with one attached hydrogen (secondary N) is 1. The molecule has 48 heavy (non-hydrogen) atoms. The van der Waals surface area contributed by atoms with Crippen molar-refractivity contribution in [1.29, 1.82) is 0 Å². The van der Waals surface area contributed by atoms with E-state index in [0.717, 1.165) is 51.6 Å². The van der Waals surface area contributed by atoms with Crippen molar-refractivity contribution in [1.82, 2.24) is 10.2 Å². The zero-order valence-electron chi connectivity index (χ0n) is 31.7. The summed E-state index contributed by atoms with van der Waals surface area (Å²) in [6.07, 6.45) is 31.8. The van der Waals surface area contributed by atoms with Crippen molar-refractivity contribution in [2.75, 3.05) is 33.4 Å². The van der Waals surface area contributed by atoms with Crippen LogP contribution in [0.5, 0.6) is 0 Å². The third-order valence-electron chi connectivity index (χ3n) is 9.49. The van der Waals surface area contributed by atoms with E-state index in [2.05, 4.69) is 24.1 Å². The van der Waals surface area contributed by atoms with Gasteiger partial charge < -0.3 is 24.4 Å². The molecule has 1 amide bonds. The molecule has 0 unspecified atom stereocenters. The third kappa shape index (κ3) is 28.1. The summed E-state index contributed by atoms with van der Waals surface area (Å²) in [5.74, 6) is -0.600. The van der Waals surface area contributed by atoms with Gasteiger partial charge in [-0.2, -0.15) is 0 Å². The second kappa shape index (κ2) is 32.4. The second-order valence-electron chi connectivity index (χ2n) is 14.4. The van der Waals surface area contributed by atoms with E-state index >= 15 is 0 Å². The first-order valence-corrected chi connectivity index (χ1v) is 20.4. The molecule has 0 aliphatic carbocycles. The van der Waals surface area contributed by atoms with Crippen LogP contribution >= 0.6 is 0 Å². The number of amides is 1. The largest absolute Gasteiger partial charge is 0.462 e. The van der Waals surface area contributed by atoms with E-state index in [9.17, 15) is 14.4 Å². The number of hydrogen-bond acceptors (Lipinski definition) is 7. The first-order valence-electron chi connectivity index (χ1n) is 20.4. The molecule has 282 valence electrons. The molecule has 1 heterocycles. The molecule has 0 saturated carbocycles. The predicted molar refractivity (Wildman–Crippen MR) is 197 cm³/mol. The van der Waals surface area contributed by atoms with Crippen molar-refractivity contribution < 1.29 is 28.6 Å². The number of carbonyl (C=O) groups excluding carboxylic acids is 3. The summed E-state index contributed by atoms with van der Waals surface area (Å²) in [5.41, 5.74) is 0. The Kier molecular flexibility index (Phi) is 29.8. The molecule has 8 heteroatoms. The van der Waals surface area contributed by atoms with Gasteiger partial charge in [0.1, 0.15) is 13.2 Å².